The molecule has 0 saturated carbocycles. The Bertz CT molecular complexity index is 808. The van der Waals surface area contributed by atoms with Gasteiger partial charge < -0.3 is 14.5 Å². The summed E-state index contributed by atoms with van der Waals surface area (Å²) in [4.78, 5) is 33.6. The number of carbonyl (C=O) groups excluding carboxylic acids is 2. The van der Waals surface area contributed by atoms with Crippen LogP contribution in [0.15, 0.2) is 57.0 Å². The van der Waals surface area contributed by atoms with Crippen molar-refractivity contribution in [1.82, 2.24) is 14.8 Å². The van der Waals surface area contributed by atoms with E-state index in [1.165, 1.54) is 11.8 Å². The van der Waals surface area contributed by atoms with Crippen LogP contribution in [0.25, 0.3) is 0 Å². The summed E-state index contributed by atoms with van der Waals surface area (Å²) >= 11 is 4.89. The third kappa shape index (κ3) is 5.01. The third-order valence-electron chi connectivity index (χ3n) is 4.12. The molecule has 1 aliphatic heterocycles. The van der Waals surface area contributed by atoms with E-state index in [-0.39, 0.29) is 12.0 Å². The molecule has 0 bridgehead atoms. The van der Waals surface area contributed by atoms with Crippen LogP contribution >= 0.6 is 27.7 Å². The lowest BCUT2D eigenvalue weighted by atomic mass is 10.2. The molecule has 0 unspecified atom stereocenters. The van der Waals surface area contributed by atoms with Crippen molar-refractivity contribution < 1.29 is 14.3 Å². The number of pyridine rings is 1. The number of benzene rings is 1. The number of hydrogen-bond donors (Lipinski definition) is 0. The molecule has 0 N–H and O–H groups in total. The largest absolute Gasteiger partial charge is 0.450 e. The van der Waals surface area contributed by atoms with Crippen LogP contribution in [0.4, 0.5) is 4.79 Å². The summed E-state index contributed by atoms with van der Waals surface area (Å²) in [7, 11) is 0. The second-order valence-corrected chi connectivity index (χ2v) is 7.87. The van der Waals surface area contributed by atoms with Crippen LogP contribution in [0.5, 0.6) is 0 Å². The molecular formula is C19H20BrN3O3S. The van der Waals surface area contributed by atoms with Crippen molar-refractivity contribution in [3.05, 3.63) is 52.6 Å². The van der Waals surface area contributed by atoms with E-state index < -0.39 is 0 Å². The number of amides is 2. The van der Waals surface area contributed by atoms with Crippen molar-refractivity contribution in [2.24, 2.45) is 0 Å². The van der Waals surface area contributed by atoms with E-state index in [0.29, 0.717) is 43.4 Å². The molecule has 1 aromatic heterocycles. The molecule has 1 fully saturated rings. The van der Waals surface area contributed by atoms with Crippen LogP contribution in [0, 0.1) is 0 Å². The maximum absolute atomic E-state index is 13.0. The minimum Gasteiger partial charge on any atom is -0.450 e. The molecule has 142 valence electrons. The van der Waals surface area contributed by atoms with Crippen LogP contribution in [0.2, 0.25) is 0 Å². The first-order chi connectivity index (χ1) is 13.1. The van der Waals surface area contributed by atoms with E-state index in [1.807, 2.05) is 24.3 Å². The van der Waals surface area contributed by atoms with Crippen LogP contribution in [-0.2, 0) is 4.74 Å². The number of nitrogens with zero attached hydrogens (tertiary/aromatic N) is 3. The summed E-state index contributed by atoms with van der Waals surface area (Å²) in [5.74, 6) is -0.0637. The number of rotatable bonds is 4. The molecule has 27 heavy (non-hydrogen) atoms. The number of halogens is 1. The van der Waals surface area contributed by atoms with Gasteiger partial charge in [0.25, 0.3) is 5.91 Å². The van der Waals surface area contributed by atoms with Crippen molar-refractivity contribution in [3.63, 3.8) is 0 Å². The van der Waals surface area contributed by atoms with Gasteiger partial charge in [0.15, 0.2) is 0 Å². The summed E-state index contributed by atoms with van der Waals surface area (Å²) < 4.78 is 6.03. The summed E-state index contributed by atoms with van der Waals surface area (Å²) in [5, 5.41) is 0.678. The minimum atomic E-state index is -0.322. The summed E-state index contributed by atoms with van der Waals surface area (Å²) in [6, 6.07) is 11.5. The molecule has 8 heteroatoms. The van der Waals surface area contributed by atoms with Gasteiger partial charge in [0.2, 0.25) is 0 Å². The van der Waals surface area contributed by atoms with E-state index in [0.717, 1.165) is 9.37 Å². The number of piperazine rings is 1. The molecule has 3 rings (SSSR count). The van der Waals surface area contributed by atoms with Gasteiger partial charge in [0.05, 0.1) is 12.2 Å². The van der Waals surface area contributed by atoms with Gasteiger partial charge in [0.1, 0.15) is 5.03 Å². The van der Waals surface area contributed by atoms with Crippen molar-refractivity contribution >= 4 is 39.7 Å². The quantitative estimate of drug-likeness (QED) is 0.707. The maximum Gasteiger partial charge on any atom is 0.409 e. The molecule has 0 radical (unpaired) electrons. The second kappa shape index (κ2) is 9.23. The lowest BCUT2D eigenvalue weighted by Crippen LogP contribution is -2.50. The predicted octanol–water partition coefficient (Wildman–Crippen LogP) is 3.91. The van der Waals surface area contributed by atoms with E-state index in [4.69, 9.17) is 4.74 Å². The summed E-state index contributed by atoms with van der Waals surface area (Å²) in [6.07, 6.45) is 1.37. The Morgan fingerprint density at radius 1 is 1.11 bits per heavy atom. The molecule has 0 spiro atoms. The van der Waals surface area contributed by atoms with E-state index in [1.54, 1.807) is 35.1 Å². The van der Waals surface area contributed by atoms with Crippen molar-refractivity contribution in [3.8, 4) is 0 Å². The zero-order valence-electron chi connectivity index (χ0n) is 14.9. The van der Waals surface area contributed by atoms with Crippen LogP contribution in [0.1, 0.15) is 17.3 Å². The van der Waals surface area contributed by atoms with Crippen molar-refractivity contribution in [2.75, 3.05) is 32.8 Å². The van der Waals surface area contributed by atoms with Gasteiger partial charge >= 0.3 is 6.09 Å². The molecule has 1 aliphatic rings. The molecule has 1 saturated heterocycles. The average molecular weight is 450 g/mol. The summed E-state index contributed by atoms with van der Waals surface area (Å²) in [6.45, 7) is 4.04. The molecule has 1 aromatic carbocycles. The van der Waals surface area contributed by atoms with Crippen LogP contribution in [0.3, 0.4) is 0 Å². The standard InChI is InChI=1S/C19H20BrN3O3S/c1-2-26-19(25)23-12-10-22(11-13-23)18(24)16-4-3-9-21-17(16)27-15-7-5-14(20)6-8-15/h3-9H,2,10-13H2,1H3. The first-order valence-electron chi connectivity index (χ1n) is 8.68. The van der Waals surface area contributed by atoms with Crippen molar-refractivity contribution in [2.45, 2.75) is 16.8 Å². The number of ether oxygens (including phenoxy) is 1. The van der Waals surface area contributed by atoms with Crippen molar-refractivity contribution in [1.29, 1.82) is 0 Å². The highest BCUT2D eigenvalue weighted by Crippen LogP contribution is 2.30. The SMILES string of the molecule is CCOC(=O)N1CCN(C(=O)c2cccnc2Sc2ccc(Br)cc2)CC1. The van der Waals surface area contributed by atoms with Gasteiger partial charge in [-0.2, -0.15) is 0 Å². The fourth-order valence-corrected chi connectivity index (χ4v) is 3.87. The third-order valence-corrected chi connectivity index (χ3v) is 5.68. The maximum atomic E-state index is 13.0. The molecule has 2 aromatic rings. The van der Waals surface area contributed by atoms with Gasteiger partial charge in [-0.25, -0.2) is 9.78 Å². The zero-order valence-corrected chi connectivity index (χ0v) is 17.3. The van der Waals surface area contributed by atoms with Gasteiger partial charge in [-0.15, -0.1) is 0 Å². The van der Waals surface area contributed by atoms with Crippen LogP contribution < -0.4 is 0 Å². The Morgan fingerprint density at radius 2 is 1.78 bits per heavy atom. The Labute approximate surface area is 171 Å². The first kappa shape index (κ1) is 19.7. The molecular weight excluding hydrogens is 430 g/mol. The molecule has 2 heterocycles. The fourth-order valence-electron chi connectivity index (χ4n) is 2.73. The zero-order chi connectivity index (χ0) is 19.2. The first-order valence-corrected chi connectivity index (χ1v) is 10.3. The highest BCUT2D eigenvalue weighted by Gasteiger charge is 2.27. The van der Waals surface area contributed by atoms with Crippen LogP contribution in [-0.4, -0.2) is 59.6 Å². The predicted molar refractivity (Wildman–Crippen MR) is 107 cm³/mol. The molecule has 2 amide bonds. The Balaban J connectivity index is 1.69. The second-order valence-electron chi connectivity index (χ2n) is 5.89. The highest BCUT2D eigenvalue weighted by molar-refractivity contribution is 9.10. The van der Waals surface area contributed by atoms with E-state index >= 15 is 0 Å². The average Bonchev–Trinajstić information content (AvgIpc) is 2.70. The normalized spacial score (nSPS) is 14.1. The molecule has 0 aliphatic carbocycles. The van der Waals surface area contributed by atoms with E-state index in [9.17, 15) is 9.59 Å². The monoisotopic (exact) mass is 449 g/mol. The lowest BCUT2D eigenvalue weighted by Gasteiger charge is -2.34. The van der Waals surface area contributed by atoms with Gasteiger partial charge in [0, 0.05) is 41.7 Å². The Kier molecular flexibility index (Phi) is 6.73. The number of carbonyl (C=O) groups is 2. The molecule has 6 nitrogen and oxygen atoms in total. The fraction of sp³-hybridized carbons (Fsp3) is 0.316. The topological polar surface area (TPSA) is 62.7 Å². The smallest absolute Gasteiger partial charge is 0.409 e. The minimum absolute atomic E-state index is 0.0637. The van der Waals surface area contributed by atoms with Gasteiger partial charge in [-0.3, -0.25) is 4.79 Å². The van der Waals surface area contributed by atoms with Gasteiger partial charge in [-0.1, -0.05) is 27.7 Å². The number of aromatic nitrogens is 1. The Morgan fingerprint density at radius 3 is 2.44 bits per heavy atom. The Hall–Kier alpha value is -2.06. The molecule has 0 atom stereocenters. The van der Waals surface area contributed by atoms with Gasteiger partial charge in [-0.05, 0) is 43.3 Å². The highest BCUT2D eigenvalue weighted by atomic mass is 79.9. The lowest BCUT2D eigenvalue weighted by molar-refractivity contribution is 0.0567. The summed E-state index contributed by atoms with van der Waals surface area (Å²) in [5.41, 5.74) is 0.579. The number of hydrogen-bond acceptors (Lipinski definition) is 5. The van der Waals surface area contributed by atoms with E-state index in [2.05, 4.69) is 20.9 Å².